The smallest absolute Gasteiger partial charge is 0.252 e. The van der Waals surface area contributed by atoms with Gasteiger partial charge in [0, 0.05) is 19.2 Å². The Morgan fingerprint density at radius 1 is 1.21 bits per heavy atom. The van der Waals surface area contributed by atoms with Gasteiger partial charge in [-0.3, -0.25) is 19.0 Å². The first-order valence-electron chi connectivity index (χ1n) is 9.11. The number of rotatable bonds is 4. The average molecular weight is 399 g/mol. The second kappa shape index (κ2) is 7.76. The number of carbonyl (C=O) groups excluding carboxylic acids is 1. The van der Waals surface area contributed by atoms with Crippen LogP contribution in [0, 0.1) is 0 Å². The van der Waals surface area contributed by atoms with E-state index in [0.29, 0.717) is 29.7 Å². The zero-order valence-electron chi connectivity index (χ0n) is 15.7. The highest BCUT2D eigenvalue weighted by atomic mass is 32.2. The predicted molar refractivity (Wildman–Crippen MR) is 106 cm³/mol. The van der Waals surface area contributed by atoms with Crippen LogP contribution in [0.5, 0.6) is 0 Å². The lowest BCUT2D eigenvalue weighted by atomic mass is 10.1. The number of fused-ring (bicyclic) bond motifs is 1. The summed E-state index contributed by atoms with van der Waals surface area (Å²) in [5, 5.41) is 8.81. The molecule has 1 aliphatic heterocycles. The number of amides is 1. The summed E-state index contributed by atoms with van der Waals surface area (Å²) in [7, 11) is 0. The molecule has 28 heavy (non-hydrogen) atoms. The number of benzene rings is 1. The molecule has 1 aliphatic rings. The van der Waals surface area contributed by atoms with Crippen LogP contribution in [-0.4, -0.2) is 61.4 Å². The summed E-state index contributed by atoms with van der Waals surface area (Å²) in [6.45, 7) is 5.12. The summed E-state index contributed by atoms with van der Waals surface area (Å²) in [6, 6.07) is 11.1. The molecular weight excluding hydrogens is 378 g/mol. The molecule has 0 bridgehead atoms. The molecule has 2 aromatic heterocycles. The van der Waals surface area contributed by atoms with E-state index < -0.39 is 0 Å². The first-order valence-corrected chi connectivity index (χ1v) is 10.1. The van der Waals surface area contributed by atoms with Gasteiger partial charge >= 0.3 is 0 Å². The second-order valence-corrected chi connectivity index (χ2v) is 7.81. The van der Waals surface area contributed by atoms with Gasteiger partial charge in [0.25, 0.3) is 5.56 Å². The van der Waals surface area contributed by atoms with E-state index in [0.717, 1.165) is 5.56 Å². The molecule has 2 unspecified atom stereocenters. The molecule has 0 aliphatic carbocycles. The molecule has 3 aromatic rings. The Bertz CT molecular complexity index is 1040. The van der Waals surface area contributed by atoms with Gasteiger partial charge in [-0.2, -0.15) is 0 Å². The highest BCUT2D eigenvalue weighted by Crippen LogP contribution is 2.24. The van der Waals surface area contributed by atoms with E-state index in [2.05, 4.69) is 15.2 Å². The van der Waals surface area contributed by atoms with Crippen molar-refractivity contribution in [1.82, 2.24) is 24.5 Å². The molecule has 1 amide bonds. The van der Waals surface area contributed by atoms with E-state index in [1.807, 2.05) is 49.1 Å². The van der Waals surface area contributed by atoms with Gasteiger partial charge in [0.1, 0.15) is 0 Å². The third kappa shape index (κ3) is 3.81. The van der Waals surface area contributed by atoms with E-state index in [9.17, 15) is 9.59 Å². The zero-order chi connectivity index (χ0) is 19.7. The van der Waals surface area contributed by atoms with Gasteiger partial charge in [-0.25, -0.2) is 0 Å². The van der Waals surface area contributed by atoms with Crippen LogP contribution in [0.25, 0.3) is 17.0 Å². The summed E-state index contributed by atoms with van der Waals surface area (Å²) in [5.74, 6) is 0.637. The minimum absolute atomic E-state index is 0.0291. The van der Waals surface area contributed by atoms with Gasteiger partial charge in [0.05, 0.1) is 23.7 Å². The van der Waals surface area contributed by atoms with Crippen molar-refractivity contribution in [3.63, 3.8) is 0 Å². The average Bonchev–Trinajstić information content (AvgIpc) is 3.08. The number of aromatic nitrogens is 4. The van der Waals surface area contributed by atoms with Crippen LogP contribution in [0.2, 0.25) is 0 Å². The molecule has 1 aromatic carbocycles. The summed E-state index contributed by atoms with van der Waals surface area (Å²) in [6.07, 6.45) is 0.0581. The first kappa shape index (κ1) is 18.7. The van der Waals surface area contributed by atoms with Gasteiger partial charge in [0.15, 0.2) is 5.16 Å². The Morgan fingerprint density at radius 3 is 2.64 bits per heavy atom. The Morgan fingerprint density at radius 2 is 1.93 bits per heavy atom. The van der Waals surface area contributed by atoms with Gasteiger partial charge in [-0.15, -0.1) is 10.2 Å². The lowest BCUT2D eigenvalue weighted by molar-refractivity contribution is -0.140. The fraction of sp³-hybridized carbons (Fsp3) is 0.368. The molecule has 2 atom stereocenters. The monoisotopic (exact) mass is 399 g/mol. The Balaban J connectivity index is 1.60. The van der Waals surface area contributed by atoms with E-state index in [1.165, 1.54) is 17.8 Å². The number of carbonyl (C=O) groups is 1. The number of thioether (sulfide) groups is 1. The Kier molecular flexibility index (Phi) is 5.19. The standard InChI is InChI=1S/C19H21N5O3S/c1-12-9-23(10-13(2)27-12)17(26)11-28-19-22-21-18-20-16(25)8-15(24(18)19)14-6-4-3-5-7-14/h3-8,12-13H,9-11H2,1-2H3,(H,20,21,25). The molecule has 146 valence electrons. The maximum absolute atomic E-state index is 12.7. The second-order valence-electron chi connectivity index (χ2n) is 6.87. The highest BCUT2D eigenvalue weighted by molar-refractivity contribution is 7.99. The van der Waals surface area contributed by atoms with Gasteiger partial charge in [0.2, 0.25) is 11.7 Å². The molecule has 0 saturated carbocycles. The fourth-order valence-electron chi connectivity index (χ4n) is 3.42. The Labute approximate surface area is 165 Å². The van der Waals surface area contributed by atoms with Crippen LogP contribution in [0.15, 0.2) is 46.3 Å². The van der Waals surface area contributed by atoms with E-state index in [-0.39, 0.29) is 29.4 Å². The number of nitrogens with zero attached hydrogens (tertiary/aromatic N) is 4. The molecule has 0 radical (unpaired) electrons. The third-order valence-electron chi connectivity index (χ3n) is 4.54. The topological polar surface area (TPSA) is 92.6 Å². The zero-order valence-corrected chi connectivity index (χ0v) is 16.5. The lowest BCUT2D eigenvalue weighted by Gasteiger charge is -2.35. The minimum Gasteiger partial charge on any atom is -0.372 e. The quantitative estimate of drug-likeness (QED) is 0.673. The number of nitrogens with one attached hydrogen (secondary N) is 1. The fourth-order valence-corrected chi connectivity index (χ4v) is 4.26. The molecule has 4 rings (SSSR count). The number of H-pyrrole nitrogens is 1. The number of aromatic amines is 1. The van der Waals surface area contributed by atoms with Crippen molar-refractivity contribution in [2.24, 2.45) is 0 Å². The summed E-state index contributed by atoms with van der Waals surface area (Å²) < 4.78 is 7.47. The van der Waals surface area contributed by atoms with Crippen molar-refractivity contribution in [3.05, 3.63) is 46.8 Å². The number of hydrogen-bond acceptors (Lipinski definition) is 6. The first-order chi connectivity index (χ1) is 13.5. The predicted octanol–water partition coefficient (Wildman–Crippen LogP) is 1.81. The van der Waals surface area contributed by atoms with Crippen molar-refractivity contribution in [3.8, 4) is 11.3 Å². The maximum Gasteiger partial charge on any atom is 0.252 e. The number of morpholine rings is 1. The Hall–Kier alpha value is -2.65. The van der Waals surface area contributed by atoms with E-state index in [4.69, 9.17) is 4.74 Å². The maximum atomic E-state index is 12.7. The normalized spacial score (nSPS) is 19.9. The van der Waals surface area contributed by atoms with Crippen LogP contribution in [-0.2, 0) is 9.53 Å². The molecule has 1 fully saturated rings. The largest absolute Gasteiger partial charge is 0.372 e. The lowest BCUT2D eigenvalue weighted by Crippen LogP contribution is -2.48. The van der Waals surface area contributed by atoms with Crippen molar-refractivity contribution >= 4 is 23.4 Å². The van der Waals surface area contributed by atoms with Gasteiger partial charge in [-0.05, 0) is 19.4 Å². The van der Waals surface area contributed by atoms with Crippen LogP contribution in [0.3, 0.4) is 0 Å². The van der Waals surface area contributed by atoms with Gasteiger partial charge in [-0.1, -0.05) is 42.1 Å². The van der Waals surface area contributed by atoms with Gasteiger partial charge < -0.3 is 9.64 Å². The molecule has 9 heteroatoms. The van der Waals surface area contributed by atoms with E-state index in [1.54, 1.807) is 4.40 Å². The van der Waals surface area contributed by atoms with Crippen molar-refractivity contribution < 1.29 is 9.53 Å². The van der Waals surface area contributed by atoms with E-state index >= 15 is 0 Å². The third-order valence-corrected chi connectivity index (χ3v) is 5.46. The molecule has 3 heterocycles. The molecular formula is C19H21N5O3S. The van der Waals surface area contributed by atoms with Crippen LogP contribution in [0.4, 0.5) is 0 Å². The summed E-state index contributed by atoms with van der Waals surface area (Å²) >= 11 is 1.31. The summed E-state index contributed by atoms with van der Waals surface area (Å²) in [5.41, 5.74) is 1.32. The van der Waals surface area contributed by atoms with Crippen molar-refractivity contribution in [1.29, 1.82) is 0 Å². The SMILES string of the molecule is CC1CN(C(=O)CSc2nnc3[nH]c(=O)cc(-c4ccccc4)n23)CC(C)O1. The number of ether oxygens (including phenoxy) is 1. The molecule has 1 saturated heterocycles. The van der Waals surface area contributed by atoms with Crippen LogP contribution >= 0.6 is 11.8 Å². The molecule has 0 spiro atoms. The summed E-state index contributed by atoms with van der Waals surface area (Å²) in [4.78, 5) is 29.2. The molecule has 1 N–H and O–H groups in total. The van der Waals surface area contributed by atoms with Crippen molar-refractivity contribution in [2.75, 3.05) is 18.8 Å². The number of hydrogen-bond donors (Lipinski definition) is 1. The highest BCUT2D eigenvalue weighted by Gasteiger charge is 2.26. The van der Waals surface area contributed by atoms with Crippen LogP contribution in [0.1, 0.15) is 13.8 Å². The van der Waals surface area contributed by atoms with Crippen molar-refractivity contribution in [2.45, 2.75) is 31.2 Å². The minimum atomic E-state index is -0.248. The molecule has 8 nitrogen and oxygen atoms in total. The van der Waals surface area contributed by atoms with Crippen LogP contribution < -0.4 is 5.56 Å².